The first-order valence-corrected chi connectivity index (χ1v) is 10.7. The maximum Gasteiger partial charge on any atom is 0.241 e. The van der Waals surface area contributed by atoms with Crippen molar-refractivity contribution < 1.29 is 8.42 Å². The molecule has 0 spiro atoms. The largest absolute Gasteiger partial charge is 0.251 e. The maximum atomic E-state index is 13.3. The van der Waals surface area contributed by atoms with E-state index < -0.39 is 16.1 Å². The molecule has 0 amide bonds. The summed E-state index contributed by atoms with van der Waals surface area (Å²) in [5, 5.41) is 4.12. The third kappa shape index (κ3) is 4.66. The fraction of sp³-hybridized carbons (Fsp3) is 0.333. The number of aryl methyl sites for hydroxylation is 1. The zero-order chi connectivity index (χ0) is 20.4. The molecular weight excluding hydrogens is 372 g/mol. The van der Waals surface area contributed by atoms with E-state index in [4.69, 9.17) is 0 Å². The highest BCUT2D eigenvalue weighted by Gasteiger charge is 2.25. The number of nitrogens with one attached hydrogen (secondary N) is 1. The molecule has 0 saturated carbocycles. The highest BCUT2D eigenvalue weighted by Crippen LogP contribution is 2.28. The van der Waals surface area contributed by atoms with E-state index in [1.165, 1.54) is 6.33 Å². The van der Waals surface area contributed by atoms with Gasteiger partial charge in [0.2, 0.25) is 10.0 Å². The quantitative estimate of drug-likeness (QED) is 0.688. The molecule has 6 nitrogen and oxygen atoms in total. The molecule has 2 aromatic carbocycles. The highest BCUT2D eigenvalue weighted by molar-refractivity contribution is 7.89. The van der Waals surface area contributed by atoms with E-state index in [2.05, 4.69) is 35.6 Å². The SMILES string of the molecule is Cc1ccc(C(C)(C)C)cc1S(=O)(=O)NC(Cn1cncn1)c1ccccc1. The monoisotopic (exact) mass is 398 g/mol. The van der Waals surface area contributed by atoms with Crippen LogP contribution in [0.15, 0.2) is 66.1 Å². The van der Waals surface area contributed by atoms with Crippen molar-refractivity contribution in [1.29, 1.82) is 0 Å². The van der Waals surface area contributed by atoms with Crippen LogP contribution in [0.5, 0.6) is 0 Å². The third-order valence-corrected chi connectivity index (χ3v) is 6.29. The number of sulfonamides is 1. The van der Waals surface area contributed by atoms with Gasteiger partial charge in [-0.2, -0.15) is 5.10 Å². The standard InChI is InChI=1S/C21H26N4O2S/c1-16-10-11-18(21(2,3)4)12-20(16)28(26,27)24-19(13-25-15-22-14-23-25)17-8-6-5-7-9-17/h5-12,14-15,19,24H,13H2,1-4H3. The van der Waals surface area contributed by atoms with Gasteiger partial charge in [-0.25, -0.2) is 18.1 Å². The van der Waals surface area contributed by atoms with Gasteiger partial charge in [0.25, 0.3) is 0 Å². The molecule has 0 saturated heterocycles. The van der Waals surface area contributed by atoms with Gasteiger partial charge in [-0.15, -0.1) is 0 Å². The normalized spacial score (nSPS) is 13.4. The first-order chi connectivity index (χ1) is 13.2. The van der Waals surface area contributed by atoms with Gasteiger partial charge in [0, 0.05) is 0 Å². The van der Waals surface area contributed by atoms with Gasteiger partial charge in [0.15, 0.2) is 0 Å². The Hall–Kier alpha value is -2.51. The molecule has 0 aliphatic carbocycles. The third-order valence-electron chi connectivity index (χ3n) is 4.68. The summed E-state index contributed by atoms with van der Waals surface area (Å²) in [6, 6.07) is 14.7. The summed E-state index contributed by atoms with van der Waals surface area (Å²) in [7, 11) is -3.74. The van der Waals surface area contributed by atoms with E-state index in [0.717, 1.165) is 11.1 Å². The van der Waals surface area contributed by atoms with Crippen molar-refractivity contribution in [1.82, 2.24) is 19.5 Å². The molecule has 1 N–H and O–H groups in total. The number of nitrogens with zero attached hydrogens (tertiary/aromatic N) is 3. The van der Waals surface area contributed by atoms with Crippen LogP contribution < -0.4 is 4.72 Å². The lowest BCUT2D eigenvalue weighted by molar-refractivity contribution is 0.482. The molecule has 7 heteroatoms. The molecule has 1 heterocycles. The summed E-state index contributed by atoms with van der Waals surface area (Å²) in [6.45, 7) is 8.37. The van der Waals surface area contributed by atoms with Crippen molar-refractivity contribution in [3.05, 3.63) is 77.9 Å². The van der Waals surface area contributed by atoms with E-state index in [9.17, 15) is 8.42 Å². The summed E-state index contributed by atoms with van der Waals surface area (Å²) in [5.41, 5.74) is 2.42. The molecule has 0 aliphatic heterocycles. The van der Waals surface area contributed by atoms with E-state index >= 15 is 0 Å². The van der Waals surface area contributed by atoms with Gasteiger partial charge in [0.05, 0.1) is 17.5 Å². The van der Waals surface area contributed by atoms with E-state index in [1.807, 2.05) is 49.4 Å². The Labute approximate surface area is 166 Å². The lowest BCUT2D eigenvalue weighted by Crippen LogP contribution is -2.32. The Morgan fingerprint density at radius 3 is 2.43 bits per heavy atom. The molecule has 1 atom stereocenters. The predicted molar refractivity (Wildman–Crippen MR) is 109 cm³/mol. The number of aromatic nitrogens is 3. The van der Waals surface area contributed by atoms with Crippen LogP contribution in [-0.2, 0) is 22.0 Å². The van der Waals surface area contributed by atoms with E-state index in [-0.39, 0.29) is 5.41 Å². The molecule has 1 aromatic heterocycles. The predicted octanol–water partition coefficient (Wildman–Crippen LogP) is 3.60. The van der Waals surface area contributed by atoms with Gasteiger partial charge in [-0.3, -0.25) is 4.68 Å². The minimum atomic E-state index is -3.74. The molecule has 3 aromatic rings. The summed E-state index contributed by atoms with van der Waals surface area (Å²) in [6.07, 6.45) is 3.02. The first-order valence-electron chi connectivity index (χ1n) is 9.17. The number of hydrogen-bond acceptors (Lipinski definition) is 4. The second-order valence-corrected chi connectivity index (χ2v) is 9.61. The topological polar surface area (TPSA) is 76.9 Å². The van der Waals surface area contributed by atoms with Gasteiger partial charge < -0.3 is 0 Å². The van der Waals surface area contributed by atoms with Crippen molar-refractivity contribution in [3.8, 4) is 0 Å². The van der Waals surface area contributed by atoms with Crippen LogP contribution in [-0.4, -0.2) is 23.2 Å². The fourth-order valence-electron chi connectivity index (χ4n) is 3.02. The van der Waals surface area contributed by atoms with Crippen molar-refractivity contribution >= 4 is 10.0 Å². The molecule has 148 valence electrons. The summed E-state index contributed by atoms with van der Waals surface area (Å²) >= 11 is 0. The van der Waals surface area contributed by atoms with Crippen LogP contribution in [0.2, 0.25) is 0 Å². The Bertz CT molecular complexity index is 1020. The van der Waals surface area contributed by atoms with E-state index in [1.54, 1.807) is 17.1 Å². The maximum absolute atomic E-state index is 13.3. The molecule has 0 aliphatic rings. The summed E-state index contributed by atoms with van der Waals surface area (Å²) in [4.78, 5) is 4.26. The van der Waals surface area contributed by atoms with Gasteiger partial charge >= 0.3 is 0 Å². The molecule has 0 radical (unpaired) electrons. The molecule has 28 heavy (non-hydrogen) atoms. The Morgan fingerprint density at radius 2 is 1.82 bits per heavy atom. The number of benzene rings is 2. The van der Waals surface area contributed by atoms with Gasteiger partial charge in [-0.05, 0) is 35.1 Å². The minimum Gasteiger partial charge on any atom is -0.251 e. The van der Waals surface area contributed by atoms with Crippen molar-refractivity contribution in [3.63, 3.8) is 0 Å². The lowest BCUT2D eigenvalue weighted by atomic mass is 9.87. The fourth-order valence-corrected chi connectivity index (χ4v) is 4.50. The van der Waals surface area contributed by atoms with Crippen molar-refractivity contribution in [2.24, 2.45) is 0 Å². The average molecular weight is 399 g/mol. The molecular formula is C21H26N4O2S. The highest BCUT2D eigenvalue weighted by atomic mass is 32.2. The Morgan fingerprint density at radius 1 is 1.11 bits per heavy atom. The first kappa shape index (κ1) is 20.2. The van der Waals surface area contributed by atoms with Crippen LogP contribution in [0.1, 0.15) is 43.5 Å². The second-order valence-electron chi connectivity index (χ2n) is 7.93. The lowest BCUT2D eigenvalue weighted by Gasteiger charge is -2.23. The average Bonchev–Trinajstić information content (AvgIpc) is 3.14. The molecule has 0 bridgehead atoms. The summed E-state index contributed by atoms with van der Waals surface area (Å²) in [5.74, 6) is 0. The number of hydrogen-bond donors (Lipinski definition) is 1. The van der Waals surface area contributed by atoms with Crippen molar-refractivity contribution in [2.45, 2.75) is 50.6 Å². The summed E-state index contributed by atoms with van der Waals surface area (Å²) < 4.78 is 31.1. The Kier molecular flexibility index (Phi) is 5.67. The van der Waals surface area contributed by atoms with Crippen LogP contribution in [0.25, 0.3) is 0 Å². The van der Waals surface area contributed by atoms with Crippen LogP contribution in [0, 0.1) is 6.92 Å². The van der Waals surface area contributed by atoms with Crippen LogP contribution >= 0.6 is 0 Å². The zero-order valence-electron chi connectivity index (χ0n) is 16.6. The molecule has 1 unspecified atom stereocenters. The van der Waals surface area contributed by atoms with E-state index in [0.29, 0.717) is 17.0 Å². The molecule has 0 fully saturated rings. The van der Waals surface area contributed by atoms with Crippen molar-refractivity contribution in [2.75, 3.05) is 0 Å². The minimum absolute atomic E-state index is 0.141. The molecule has 3 rings (SSSR count). The van der Waals surface area contributed by atoms with Gasteiger partial charge in [-0.1, -0.05) is 63.2 Å². The zero-order valence-corrected chi connectivity index (χ0v) is 17.4. The van der Waals surface area contributed by atoms with Crippen LogP contribution in [0.3, 0.4) is 0 Å². The second kappa shape index (κ2) is 7.85. The smallest absolute Gasteiger partial charge is 0.241 e. The van der Waals surface area contributed by atoms with Crippen LogP contribution in [0.4, 0.5) is 0 Å². The Balaban J connectivity index is 1.98. The number of rotatable bonds is 6. The van der Waals surface area contributed by atoms with Gasteiger partial charge in [0.1, 0.15) is 12.7 Å².